The number of Topliss-reactive ketones (excluding diaryl/α,β-unsaturated/α-hetero) is 1. The molecule has 0 saturated carbocycles. The molecule has 1 aromatic rings. The van der Waals surface area contributed by atoms with E-state index in [0.717, 1.165) is 41.6 Å². The van der Waals surface area contributed by atoms with Gasteiger partial charge in [0.15, 0.2) is 5.78 Å². The molecule has 1 aliphatic heterocycles. The van der Waals surface area contributed by atoms with Gasteiger partial charge in [-0.05, 0) is 50.8 Å². The predicted molar refractivity (Wildman–Crippen MR) is 102 cm³/mol. The highest BCUT2D eigenvalue weighted by atomic mass is 35.5. The molecule has 0 spiro atoms. The first kappa shape index (κ1) is 19.0. The molecule has 0 aromatic heterocycles. The van der Waals surface area contributed by atoms with Crippen molar-refractivity contribution >= 4 is 34.3 Å². The molecule has 1 aromatic carbocycles. The second-order valence-electron chi connectivity index (χ2n) is 6.41. The van der Waals surface area contributed by atoms with Crippen LogP contribution >= 0.6 is 23.4 Å². The molecule has 1 aliphatic rings. The van der Waals surface area contributed by atoms with Crippen molar-refractivity contribution in [1.29, 1.82) is 0 Å². The number of aryl methyl sites for hydroxylation is 1. The van der Waals surface area contributed by atoms with E-state index in [9.17, 15) is 9.59 Å². The molecule has 128 valence electrons. The molecule has 1 unspecified atom stereocenters. The first-order valence-electron chi connectivity index (χ1n) is 8.19. The van der Waals surface area contributed by atoms with Crippen LogP contribution in [0.1, 0.15) is 38.7 Å². The summed E-state index contributed by atoms with van der Waals surface area (Å²) in [6, 6.07) is 7.81. The lowest BCUT2D eigenvalue weighted by atomic mass is 9.89. The molecular weight excluding hydrogens is 340 g/mol. The van der Waals surface area contributed by atoms with E-state index in [0.29, 0.717) is 6.42 Å². The summed E-state index contributed by atoms with van der Waals surface area (Å²) < 4.78 is -0.740. The van der Waals surface area contributed by atoms with E-state index >= 15 is 0 Å². The van der Waals surface area contributed by atoms with Crippen LogP contribution in [0.5, 0.6) is 0 Å². The minimum absolute atomic E-state index is 0.00195. The van der Waals surface area contributed by atoms with Gasteiger partial charge in [0.1, 0.15) is 0 Å². The fourth-order valence-electron chi connectivity index (χ4n) is 2.95. The predicted octanol–water partition coefficient (Wildman–Crippen LogP) is 5.40. The van der Waals surface area contributed by atoms with Crippen molar-refractivity contribution in [2.24, 2.45) is 5.92 Å². The maximum Gasteiger partial charge on any atom is 0.200 e. The smallest absolute Gasteiger partial charge is 0.200 e. The number of allylic oxidation sites excluding steroid dienone is 2. The standard InChI is InChI=1S/C20H23ClO2S/c1-4-14(2)13-20(3)18(22)17(19(23)24-20)8-6-5-7-15-9-11-16(21)12-10-15/h4,9-13,17H,1,5-8H2,2-3H3/b14-13+/t17?,20-/m1/s1. The van der Waals surface area contributed by atoms with E-state index in [1.807, 2.05) is 44.2 Å². The number of unbranched alkanes of at least 4 members (excludes halogenated alkanes) is 1. The van der Waals surface area contributed by atoms with Crippen molar-refractivity contribution in [3.8, 4) is 0 Å². The zero-order chi connectivity index (χ0) is 17.7. The van der Waals surface area contributed by atoms with Crippen LogP contribution in [0.4, 0.5) is 0 Å². The third-order valence-corrected chi connectivity index (χ3v) is 5.83. The number of benzene rings is 1. The Morgan fingerprint density at radius 3 is 2.58 bits per heavy atom. The van der Waals surface area contributed by atoms with Crippen molar-refractivity contribution < 1.29 is 9.59 Å². The summed E-state index contributed by atoms with van der Waals surface area (Å²) in [5, 5.41) is 0.738. The molecule has 0 radical (unpaired) electrons. The summed E-state index contributed by atoms with van der Waals surface area (Å²) in [7, 11) is 0. The van der Waals surface area contributed by atoms with E-state index in [1.54, 1.807) is 6.08 Å². The van der Waals surface area contributed by atoms with Crippen LogP contribution in [0, 0.1) is 5.92 Å². The summed E-state index contributed by atoms with van der Waals surface area (Å²) in [6.45, 7) is 7.44. The number of halogens is 1. The van der Waals surface area contributed by atoms with Crippen LogP contribution in [0.2, 0.25) is 5.02 Å². The Balaban J connectivity index is 1.88. The van der Waals surface area contributed by atoms with E-state index in [2.05, 4.69) is 6.58 Å². The summed E-state index contributed by atoms with van der Waals surface area (Å²) in [4.78, 5) is 24.9. The minimum atomic E-state index is -0.740. The highest BCUT2D eigenvalue weighted by Gasteiger charge is 2.48. The Hall–Kier alpha value is -1.32. The second-order valence-corrected chi connectivity index (χ2v) is 8.30. The maximum absolute atomic E-state index is 12.7. The number of thioether (sulfide) groups is 1. The fraction of sp³-hybridized carbons (Fsp3) is 0.400. The number of hydrogen-bond acceptors (Lipinski definition) is 3. The Labute approximate surface area is 153 Å². The van der Waals surface area contributed by atoms with Gasteiger partial charge in [0.05, 0.1) is 10.7 Å². The first-order chi connectivity index (χ1) is 11.4. The molecule has 1 saturated heterocycles. The molecule has 24 heavy (non-hydrogen) atoms. The Kier molecular flexibility index (Phi) is 6.47. The van der Waals surface area contributed by atoms with E-state index < -0.39 is 10.7 Å². The van der Waals surface area contributed by atoms with Gasteiger partial charge in [-0.1, -0.05) is 66.2 Å². The lowest BCUT2D eigenvalue weighted by Crippen LogP contribution is -2.28. The van der Waals surface area contributed by atoms with Gasteiger partial charge in [-0.15, -0.1) is 0 Å². The largest absolute Gasteiger partial charge is 0.297 e. The number of ketones is 1. The van der Waals surface area contributed by atoms with Crippen molar-refractivity contribution in [1.82, 2.24) is 0 Å². The van der Waals surface area contributed by atoms with Crippen LogP contribution in [0.25, 0.3) is 0 Å². The van der Waals surface area contributed by atoms with Gasteiger partial charge in [0.25, 0.3) is 0 Å². The average Bonchev–Trinajstić information content (AvgIpc) is 2.75. The highest BCUT2D eigenvalue weighted by molar-refractivity contribution is 8.16. The van der Waals surface area contributed by atoms with Crippen LogP contribution in [-0.4, -0.2) is 15.6 Å². The normalized spacial score (nSPS) is 24.5. The zero-order valence-corrected chi connectivity index (χ0v) is 15.8. The monoisotopic (exact) mass is 362 g/mol. The van der Waals surface area contributed by atoms with Crippen LogP contribution in [0.3, 0.4) is 0 Å². The average molecular weight is 363 g/mol. The summed E-state index contributed by atoms with van der Waals surface area (Å²) in [5.74, 6) is -0.440. The molecule has 2 nitrogen and oxygen atoms in total. The topological polar surface area (TPSA) is 34.1 Å². The van der Waals surface area contributed by atoms with Crippen LogP contribution < -0.4 is 0 Å². The Morgan fingerprint density at radius 1 is 1.29 bits per heavy atom. The molecule has 1 fully saturated rings. The van der Waals surface area contributed by atoms with Crippen molar-refractivity contribution in [2.75, 3.05) is 0 Å². The highest BCUT2D eigenvalue weighted by Crippen LogP contribution is 2.43. The summed E-state index contributed by atoms with van der Waals surface area (Å²) in [5.41, 5.74) is 2.15. The van der Waals surface area contributed by atoms with Gasteiger partial charge in [-0.25, -0.2) is 0 Å². The Morgan fingerprint density at radius 2 is 1.96 bits per heavy atom. The lowest BCUT2D eigenvalue weighted by Gasteiger charge is -2.16. The number of carbonyl (C=O) groups is 2. The van der Waals surface area contributed by atoms with Gasteiger partial charge in [0, 0.05) is 5.02 Å². The molecule has 0 amide bonds. The van der Waals surface area contributed by atoms with Crippen molar-refractivity contribution in [3.63, 3.8) is 0 Å². The van der Waals surface area contributed by atoms with E-state index in [1.165, 1.54) is 5.56 Å². The van der Waals surface area contributed by atoms with Gasteiger partial charge in [0.2, 0.25) is 5.12 Å². The third-order valence-electron chi connectivity index (χ3n) is 4.35. The molecular formula is C20H23ClO2S. The number of hydrogen-bond donors (Lipinski definition) is 0. The number of carbonyl (C=O) groups excluding carboxylic acids is 2. The molecule has 2 atom stereocenters. The second kappa shape index (κ2) is 8.17. The molecule has 2 rings (SSSR count). The van der Waals surface area contributed by atoms with Gasteiger partial charge >= 0.3 is 0 Å². The van der Waals surface area contributed by atoms with Crippen molar-refractivity contribution in [3.05, 3.63) is 59.2 Å². The molecule has 4 heteroatoms. The molecule has 1 heterocycles. The molecule has 0 N–H and O–H groups in total. The molecule has 0 aliphatic carbocycles. The SMILES string of the molecule is C=C/C(C)=C/[C@@]1(C)SC(=O)C(CCCCc2ccc(Cl)cc2)C1=O. The van der Waals surface area contributed by atoms with Crippen molar-refractivity contribution in [2.45, 2.75) is 44.3 Å². The van der Waals surface area contributed by atoms with E-state index in [-0.39, 0.29) is 10.9 Å². The Bertz CT molecular complexity index is 663. The van der Waals surface area contributed by atoms with Gasteiger partial charge < -0.3 is 0 Å². The van der Waals surface area contributed by atoms with Gasteiger partial charge in [-0.2, -0.15) is 0 Å². The third kappa shape index (κ3) is 4.61. The lowest BCUT2D eigenvalue weighted by molar-refractivity contribution is -0.127. The van der Waals surface area contributed by atoms with Gasteiger partial charge in [-0.3, -0.25) is 9.59 Å². The first-order valence-corrected chi connectivity index (χ1v) is 9.38. The molecule has 0 bridgehead atoms. The van der Waals surface area contributed by atoms with E-state index in [4.69, 9.17) is 11.6 Å². The van der Waals surface area contributed by atoms with Crippen LogP contribution in [-0.2, 0) is 16.0 Å². The number of rotatable bonds is 7. The van der Waals surface area contributed by atoms with Crippen LogP contribution in [0.15, 0.2) is 48.6 Å². The summed E-state index contributed by atoms with van der Waals surface area (Å²) in [6.07, 6.45) is 6.97. The maximum atomic E-state index is 12.7. The minimum Gasteiger partial charge on any atom is -0.297 e. The fourth-order valence-corrected chi connectivity index (χ4v) is 4.35. The zero-order valence-electron chi connectivity index (χ0n) is 14.2. The summed E-state index contributed by atoms with van der Waals surface area (Å²) >= 11 is 7.03. The quantitative estimate of drug-likeness (QED) is 0.370.